The average molecular weight is 460 g/mol. The molecule has 1 aliphatic rings. The zero-order valence-corrected chi connectivity index (χ0v) is 20.2. The molecule has 0 spiro atoms. The highest BCUT2D eigenvalue weighted by atomic mass is 32.1. The smallest absolute Gasteiger partial charge is 0.408 e. The van der Waals surface area contributed by atoms with Gasteiger partial charge in [-0.3, -0.25) is 9.59 Å². The lowest BCUT2D eigenvalue weighted by atomic mass is 9.97. The van der Waals surface area contributed by atoms with E-state index in [0.29, 0.717) is 11.1 Å². The van der Waals surface area contributed by atoms with Crippen LogP contribution in [0.5, 0.6) is 0 Å². The molecule has 0 bridgehead atoms. The monoisotopic (exact) mass is 459 g/mol. The first-order chi connectivity index (χ1) is 15.0. The van der Waals surface area contributed by atoms with Gasteiger partial charge in [-0.1, -0.05) is 24.1 Å². The van der Waals surface area contributed by atoms with E-state index >= 15 is 0 Å². The molecule has 2 rings (SSSR count). The van der Waals surface area contributed by atoms with Crippen molar-refractivity contribution in [2.45, 2.75) is 77.2 Å². The van der Waals surface area contributed by atoms with E-state index in [9.17, 15) is 14.4 Å². The van der Waals surface area contributed by atoms with E-state index < -0.39 is 29.7 Å². The Kier molecular flexibility index (Phi) is 8.62. The molecule has 2 unspecified atom stereocenters. The number of ether oxygens (including phenoxy) is 1. The minimum absolute atomic E-state index is 0.0522. The Morgan fingerprint density at radius 1 is 1.22 bits per heavy atom. The maximum absolute atomic E-state index is 13.6. The van der Waals surface area contributed by atoms with Gasteiger partial charge in [0.1, 0.15) is 17.7 Å². The fraction of sp³-hybridized carbons (Fsp3) is 0.542. The van der Waals surface area contributed by atoms with E-state index in [0.717, 1.165) is 12.8 Å². The summed E-state index contributed by atoms with van der Waals surface area (Å²) < 4.78 is 5.30. The molecule has 7 nitrogen and oxygen atoms in total. The number of amides is 3. The summed E-state index contributed by atoms with van der Waals surface area (Å²) in [6.45, 7) is 8.93. The number of terminal acetylenes is 1. The average Bonchev–Trinajstić information content (AvgIpc) is 3.52. The van der Waals surface area contributed by atoms with Gasteiger partial charge in [-0.2, -0.15) is 12.6 Å². The molecule has 0 aromatic heterocycles. The molecule has 32 heavy (non-hydrogen) atoms. The number of nitrogens with one attached hydrogen (secondary N) is 2. The zero-order valence-electron chi connectivity index (χ0n) is 19.3. The van der Waals surface area contributed by atoms with Crippen LogP contribution in [0.15, 0.2) is 24.3 Å². The minimum Gasteiger partial charge on any atom is -0.444 e. The number of nitrogens with zero attached hydrogens (tertiary/aromatic N) is 1. The molecule has 0 saturated heterocycles. The van der Waals surface area contributed by atoms with Crippen molar-refractivity contribution in [3.8, 4) is 12.3 Å². The summed E-state index contributed by atoms with van der Waals surface area (Å²) in [5.41, 5.74) is 0.400. The van der Waals surface area contributed by atoms with Crippen LogP contribution in [0.4, 0.5) is 4.79 Å². The second-order valence-corrected chi connectivity index (χ2v) is 9.52. The zero-order chi connectivity index (χ0) is 24.1. The van der Waals surface area contributed by atoms with Gasteiger partial charge in [0.05, 0.1) is 0 Å². The highest BCUT2D eigenvalue weighted by molar-refractivity contribution is 7.80. The van der Waals surface area contributed by atoms with Gasteiger partial charge < -0.3 is 20.3 Å². The molecule has 3 amide bonds. The Labute approximate surface area is 196 Å². The molecule has 1 fully saturated rings. The van der Waals surface area contributed by atoms with Crippen molar-refractivity contribution in [2.75, 3.05) is 5.75 Å². The number of alkyl carbamates (subject to hydrolysis) is 1. The summed E-state index contributed by atoms with van der Waals surface area (Å²) >= 11 is 4.28. The Morgan fingerprint density at radius 2 is 1.84 bits per heavy atom. The molecule has 2 atom stereocenters. The topological polar surface area (TPSA) is 87.7 Å². The first-order valence-corrected chi connectivity index (χ1v) is 11.4. The maximum atomic E-state index is 13.6. The number of benzene rings is 1. The second kappa shape index (κ2) is 10.8. The van der Waals surface area contributed by atoms with Gasteiger partial charge >= 0.3 is 6.09 Å². The van der Waals surface area contributed by atoms with Gasteiger partial charge in [0.15, 0.2) is 0 Å². The number of rotatable bonds is 8. The number of hydrogen-bond acceptors (Lipinski definition) is 5. The predicted octanol–water partition coefficient (Wildman–Crippen LogP) is 3.05. The van der Waals surface area contributed by atoms with Crippen molar-refractivity contribution in [3.05, 3.63) is 35.4 Å². The van der Waals surface area contributed by atoms with Crippen molar-refractivity contribution in [1.29, 1.82) is 0 Å². The Hall–Kier alpha value is -2.66. The minimum atomic E-state index is -0.957. The van der Waals surface area contributed by atoms with E-state index in [1.807, 2.05) is 13.8 Å². The number of hydrogen-bond donors (Lipinski definition) is 3. The molecule has 1 aliphatic carbocycles. The largest absolute Gasteiger partial charge is 0.444 e. The third-order valence-corrected chi connectivity index (χ3v) is 5.10. The first-order valence-electron chi connectivity index (χ1n) is 10.8. The second-order valence-electron chi connectivity index (χ2n) is 9.16. The SMILES string of the molecule is C#Cc1ccccc1C(C(=O)NC(C)C)N(C(=O)C(CS)NC(=O)OC(C)(C)C)C1CC1. The lowest BCUT2D eigenvalue weighted by Gasteiger charge is -2.35. The fourth-order valence-electron chi connectivity index (χ4n) is 3.33. The Balaban J connectivity index is 2.43. The van der Waals surface area contributed by atoms with Crippen molar-refractivity contribution in [1.82, 2.24) is 15.5 Å². The van der Waals surface area contributed by atoms with Gasteiger partial charge in [-0.05, 0) is 59.1 Å². The molecular formula is C24H33N3O4S. The molecular weight excluding hydrogens is 426 g/mol. The van der Waals surface area contributed by atoms with Crippen molar-refractivity contribution in [3.63, 3.8) is 0 Å². The van der Waals surface area contributed by atoms with Crippen molar-refractivity contribution in [2.24, 2.45) is 0 Å². The van der Waals surface area contributed by atoms with E-state index in [-0.39, 0.29) is 23.7 Å². The van der Waals surface area contributed by atoms with Crippen LogP contribution in [0, 0.1) is 12.3 Å². The van der Waals surface area contributed by atoms with Gasteiger partial charge in [0.25, 0.3) is 0 Å². The standard InChI is InChI=1S/C24H33N3O4S/c1-7-16-10-8-9-11-18(16)20(21(28)25-15(2)3)27(17-12-13-17)22(29)19(14-32)26-23(30)31-24(4,5)6/h1,8-11,15,17,19-20,32H,12-14H2,2-6H3,(H,25,28)(H,26,30). The van der Waals surface area contributed by atoms with Crippen LogP contribution in [0.1, 0.15) is 64.6 Å². The number of carbonyl (C=O) groups excluding carboxylic acids is 3. The van der Waals surface area contributed by atoms with E-state index in [2.05, 4.69) is 29.2 Å². The molecule has 2 N–H and O–H groups in total. The fourth-order valence-corrected chi connectivity index (χ4v) is 3.58. The van der Waals surface area contributed by atoms with E-state index in [1.54, 1.807) is 49.9 Å². The van der Waals surface area contributed by atoms with Crippen LogP contribution in [-0.4, -0.2) is 52.3 Å². The van der Waals surface area contributed by atoms with E-state index in [1.165, 1.54) is 0 Å². The summed E-state index contributed by atoms with van der Waals surface area (Å²) in [5.74, 6) is 1.95. The Bertz CT molecular complexity index is 884. The number of carbonyl (C=O) groups is 3. The van der Waals surface area contributed by atoms with Gasteiger partial charge in [0, 0.05) is 23.4 Å². The molecule has 174 valence electrons. The summed E-state index contributed by atoms with van der Waals surface area (Å²) in [6.07, 6.45) is 6.51. The third kappa shape index (κ3) is 6.92. The van der Waals surface area contributed by atoms with Gasteiger partial charge in [-0.25, -0.2) is 4.79 Å². The normalized spacial score (nSPS) is 15.3. The van der Waals surface area contributed by atoms with Crippen LogP contribution >= 0.6 is 12.6 Å². The summed E-state index contributed by atoms with van der Waals surface area (Å²) in [7, 11) is 0. The molecule has 0 aliphatic heterocycles. The maximum Gasteiger partial charge on any atom is 0.408 e. The van der Waals surface area contributed by atoms with Crippen molar-refractivity contribution >= 4 is 30.5 Å². The predicted molar refractivity (Wildman–Crippen MR) is 127 cm³/mol. The number of thiol groups is 1. The molecule has 0 heterocycles. The van der Waals surface area contributed by atoms with Crippen LogP contribution in [0.2, 0.25) is 0 Å². The van der Waals surface area contributed by atoms with Crippen LogP contribution in [0.3, 0.4) is 0 Å². The Morgan fingerprint density at radius 3 is 2.34 bits per heavy atom. The highest BCUT2D eigenvalue weighted by Gasteiger charge is 2.44. The summed E-state index contributed by atoms with van der Waals surface area (Å²) in [4.78, 5) is 40.8. The van der Waals surface area contributed by atoms with Crippen LogP contribution < -0.4 is 10.6 Å². The molecule has 1 aromatic carbocycles. The lowest BCUT2D eigenvalue weighted by molar-refractivity contribution is -0.143. The summed E-state index contributed by atoms with van der Waals surface area (Å²) in [5, 5.41) is 5.51. The van der Waals surface area contributed by atoms with Crippen LogP contribution in [0.25, 0.3) is 0 Å². The van der Waals surface area contributed by atoms with Gasteiger partial charge in [0.2, 0.25) is 11.8 Å². The highest BCUT2D eigenvalue weighted by Crippen LogP contribution is 2.36. The molecule has 1 saturated carbocycles. The van der Waals surface area contributed by atoms with Crippen molar-refractivity contribution < 1.29 is 19.1 Å². The molecule has 0 radical (unpaired) electrons. The first kappa shape index (κ1) is 25.6. The summed E-state index contributed by atoms with van der Waals surface area (Å²) in [6, 6.07) is 4.96. The third-order valence-electron chi connectivity index (χ3n) is 4.73. The molecule has 8 heteroatoms. The van der Waals surface area contributed by atoms with Crippen LogP contribution in [-0.2, 0) is 14.3 Å². The lowest BCUT2D eigenvalue weighted by Crippen LogP contribution is -2.55. The quantitative estimate of drug-likeness (QED) is 0.412. The van der Waals surface area contributed by atoms with E-state index in [4.69, 9.17) is 11.2 Å². The van der Waals surface area contributed by atoms with Gasteiger partial charge in [-0.15, -0.1) is 6.42 Å². The molecule has 1 aromatic rings.